The Morgan fingerprint density at radius 3 is 1.09 bits per heavy atom. The predicted molar refractivity (Wildman–Crippen MR) is 461 cm³/mol. The van der Waals surface area contributed by atoms with Crippen molar-refractivity contribution < 1.29 is 71.6 Å². The summed E-state index contributed by atoms with van der Waals surface area (Å²) in [6.07, 6.45) is 13.4. The van der Waals surface area contributed by atoms with Crippen LogP contribution in [0.3, 0.4) is 0 Å². The number of methoxy groups -OCH3 is 6. The number of hydrogen-bond donors (Lipinski definition) is 9. The van der Waals surface area contributed by atoms with Gasteiger partial charge in [-0.1, -0.05) is 89.3 Å². The van der Waals surface area contributed by atoms with E-state index in [2.05, 4.69) is 77.2 Å². The van der Waals surface area contributed by atoms with Gasteiger partial charge in [-0.3, -0.25) is 14.4 Å². The van der Waals surface area contributed by atoms with Crippen molar-refractivity contribution in [3.63, 3.8) is 0 Å². The second-order valence-electron chi connectivity index (χ2n) is 28.8. The lowest BCUT2D eigenvalue weighted by atomic mass is 10.1. The Labute approximate surface area is 720 Å². The van der Waals surface area contributed by atoms with Crippen LogP contribution in [0.2, 0.25) is 30.1 Å². The summed E-state index contributed by atoms with van der Waals surface area (Å²) in [5.74, 6) is 4.23. The average molecular weight is 1770 g/mol. The number of carbonyl (C=O) groups is 3. The normalized spacial score (nSPS) is 21.0. The molecule has 12 heterocycles. The fourth-order valence-electron chi connectivity index (χ4n) is 14.4. The van der Waals surface area contributed by atoms with E-state index in [9.17, 15) is 19.5 Å². The molecule has 9 N–H and O–H groups in total. The standard InChI is InChI=1S/3C27H30Cl2N6O5/c1-5-20(36)31-16-11-40-12-17(16)33-26-30-10-14-8-15(21-22(28)18(38-3)9-19(39-4)23(21)29)32-25(24(14)34-26)35-7-6-27(2,37)13-35;2*1-4-21(36)32-17-12-39-13-18(17)34-27-31-10-14-8-16(22-23(28)19(37-2)9-20(38-3)24(22)29)33-26(25(14)35-27)30-11-15-6-5-7-40-15/h5,8-10,16-17,37H,1,6-7,11-13H2,2-4H3,(H,31,36)(H,30,33,34);2*4,8-10,15,17-18H,1,5-7,11-13H2,2-3H3,(H,30,33)(H,32,36)(H,31,34,35)/t16-,17+,27+;15-,17+,18-;15-,17-,18+/m010/s1. The number of hydrogen-bond acceptors (Lipinski definition) is 30. The fraction of sp³-hybridized carbons (Fsp3) is 0.407. The molecule has 636 valence electrons. The Kier molecular flexibility index (Phi) is 28.9. The molecule has 33 nitrogen and oxygen atoms in total. The van der Waals surface area contributed by atoms with Crippen LogP contribution in [0.5, 0.6) is 34.5 Å². The van der Waals surface area contributed by atoms with Crippen LogP contribution in [0.15, 0.2) is 93.0 Å². The number of rotatable bonds is 28. The third kappa shape index (κ3) is 20.0. The van der Waals surface area contributed by atoms with Gasteiger partial charge in [0.15, 0.2) is 17.5 Å². The second-order valence-corrected chi connectivity index (χ2v) is 31.1. The third-order valence-electron chi connectivity index (χ3n) is 20.7. The summed E-state index contributed by atoms with van der Waals surface area (Å²) in [7, 11) is 9.10. The largest absolute Gasteiger partial charge is 0.495 e. The number of β-amino-alcohol motifs (C(OH)–C–C–N with tert-alkyl or cyclic N) is 1. The van der Waals surface area contributed by atoms with Crippen LogP contribution in [0.25, 0.3) is 66.5 Å². The number of ether oxygens (including phenoxy) is 11. The van der Waals surface area contributed by atoms with E-state index in [1.807, 2.05) is 17.0 Å². The minimum atomic E-state index is -0.885. The molecule has 6 saturated heterocycles. The molecule has 15 rings (SSSR count). The zero-order valence-corrected chi connectivity index (χ0v) is 71.1. The number of benzene rings is 3. The molecule has 9 aromatic rings. The third-order valence-corrected chi connectivity index (χ3v) is 22.9. The van der Waals surface area contributed by atoms with Crippen molar-refractivity contribution in [2.45, 2.75) is 93.1 Å². The van der Waals surface area contributed by atoms with Gasteiger partial charge in [-0.05, 0) is 75.5 Å². The fourth-order valence-corrected chi connectivity index (χ4v) is 16.5. The van der Waals surface area contributed by atoms with Crippen molar-refractivity contribution in [2.75, 3.05) is 153 Å². The number of nitrogens with zero attached hydrogens (tertiary/aromatic N) is 10. The highest BCUT2D eigenvalue weighted by atomic mass is 35.5. The lowest BCUT2D eigenvalue weighted by molar-refractivity contribution is -0.118. The molecule has 6 aromatic heterocycles. The number of pyridine rings is 3. The number of nitrogens with one attached hydrogen (secondary N) is 8. The Bertz CT molecular complexity index is 5030. The summed E-state index contributed by atoms with van der Waals surface area (Å²) in [6.45, 7) is 18.1. The van der Waals surface area contributed by atoms with Crippen molar-refractivity contribution >= 4 is 155 Å². The van der Waals surface area contributed by atoms with E-state index in [0.717, 1.165) is 38.9 Å². The van der Waals surface area contributed by atoms with E-state index in [4.69, 9.17) is 152 Å². The van der Waals surface area contributed by atoms with Gasteiger partial charge in [0.2, 0.25) is 35.6 Å². The zero-order chi connectivity index (χ0) is 85.1. The first kappa shape index (κ1) is 87.7. The molecule has 120 heavy (non-hydrogen) atoms. The summed E-state index contributed by atoms with van der Waals surface area (Å²) >= 11 is 40.3. The number of anilines is 6. The highest BCUT2D eigenvalue weighted by molar-refractivity contribution is 6.42. The van der Waals surface area contributed by atoms with E-state index in [-0.39, 0.29) is 76.2 Å². The highest BCUT2D eigenvalue weighted by Crippen LogP contribution is 2.50. The zero-order valence-electron chi connectivity index (χ0n) is 66.6. The molecule has 0 spiro atoms. The Morgan fingerprint density at radius 1 is 0.475 bits per heavy atom. The van der Waals surface area contributed by atoms with Crippen LogP contribution in [0.4, 0.5) is 35.3 Å². The first-order valence-corrected chi connectivity index (χ1v) is 40.6. The number of aliphatic hydroxyl groups is 1. The summed E-state index contributed by atoms with van der Waals surface area (Å²) in [4.78, 5) is 80.1. The van der Waals surface area contributed by atoms with Gasteiger partial charge in [0.05, 0.1) is 184 Å². The molecular formula is C81H90Cl6N18O15. The minimum Gasteiger partial charge on any atom is -0.495 e. The maximum atomic E-state index is 11.8. The number of aromatic nitrogens is 9. The molecular weight excluding hydrogens is 1680 g/mol. The molecule has 0 unspecified atom stereocenters. The van der Waals surface area contributed by atoms with Gasteiger partial charge < -0.3 is 105 Å². The van der Waals surface area contributed by atoms with Gasteiger partial charge in [0.25, 0.3) is 0 Å². The van der Waals surface area contributed by atoms with Crippen LogP contribution in [-0.2, 0) is 38.1 Å². The summed E-state index contributed by atoms with van der Waals surface area (Å²) in [5, 5.41) is 39.9. The molecule has 3 aromatic carbocycles. The number of halogens is 6. The Balaban J connectivity index is 0.000000156. The summed E-state index contributed by atoms with van der Waals surface area (Å²) in [6, 6.07) is 8.83. The molecule has 9 atom stereocenters. The predicted octanol–water partition coefficient (Wildman–Crippen LogP) is 11.6. The highest BCUT2D eigenvalue weighted by Gasteiger charge is 2.37. The molecule has 39 heteroatoms. The van der Waals surface area contributed by atoms with E-state index < -0.39 is 5.60 Å². The van der Waals surface area contributed by atoms with Gasteiger partial charge >= 0.3 is 0 Å². The average Bonchev–Trinajstić information content (AvgIpc) is 1.22. The van der Waals surface area contributed by atoms with Gasteiger partial charge in [0, 0.05) is 109 Å². The lowest BCUT2D eigenvalue weighted by Crippen LogP contribution is -2.45. The van der Waals surface area contributed by atoms with Gasteiger partial charge in [-0.15, -0.1) is 0 Å². The van der Waals surface area contributed by atoms with E-state index in [0.29, 0.717) is 229 Å². The van der Waals surface area contributed by atoms with Crippen LogP contribution in [0.1, 0.15) is 39.0 Å². The van der Waals surface area contributed by atoms with Crippen molar-refractivity contribution in [1.82, 2.24) is 60.8 Å². The first-order chi connectivity index (χ1) is 58.0. The summed E-state index contributed by atoms with van der Waals surface area (Å²) in [5.41, 5.74) is 3.71. The van der Waals surface area contributed by atoms with Crippen molar-refractivity contribution in [1.29, 1.82) is 0 Å². The topological polar surface area (TPSA) is 388 Å². The van der Waals surface area contributed by atoms with Crippen LogP contribution < -0.4 is 75.9 Å². The minimum absolute atomic E-state index is 0.0638. The van der Waals surface area contributed by atoms with E-state index in [1.165, 1.54) is 60.9 Å². The number of amides is 3. The molecule has 0 radical (unpaired) electrons. The van der Waals surface area contributed by atoms with Crippen LogP contribution >= 0.6 is 69.6 Å². The Hall–Kier alpha value is -10.1. The molecule has 6 aliphatic rings. The number of carbonyl (C=O) groups excluding carboxylic acids is 3. The SMILES string of the molecule is C=CC(=O)N[C@H]1COC[C@H]1Nc1ncc2cc(-c3c(Cl)c(OC)cc(OC)c3Cl)nc(N3CC[C@@](C)(O)C3)c2n1.C=CC(=O)N[C@H]1COC[C@H]1Nc1ncc2cc(-c3c(Cl)c(OC)cc(OC)c3Cl)nc(NC[C@@H]3CCCO3)c2n1.C=CC(=O)N[C@H]1COC[C@H]1Nc1ncc2cc(-c3c(Cl)c(OC)cc(OC)c3Cl)nc(NC[C@H]3CCCO3)c2n1. The molecule has 0 saturated carbocycles. The van der Waals surface area contributed by atoms with Crippen molar-refractivity contribution in [2.24, 2.45) is 0 Å². The summed E-state index contributed by atoms with van der Waals surface area (Å²) < 4.78 is 61.0. The van der Waals surface area contributed by atoms with E-state index >= 15 is 0 Å². The van der Waals surface area contributed by atoms with Crippen molar-refractivity contribution in [3.05, 3.63) is 123 Å². The van der Waals surface area contributed by atoms with Gasteiger partial charge in [-0.25, -0.2) is 44.9 Å². The molecule has 6 aliphatic heterocycles. The lowest BCUT2D eigenvalue weighted by Gasteiger charge is -2.23. The first-order valence-electron chi connectivity index (χ1n) is 38.3. The second kappa shape index (κ2) is 39.6. The molecule has 3 amide bonds. The van der Waals surface area contributed by atoms with E-state index in [1.54, 1.807) is 49.8 Å². The quantitative estimate of drug-likeness (QED) is 0.0206. The molecule has 0 aliphatic carbocycles. The van der Waals surface area contributed by atoms with Crippen LogP contribution in [-0.4, -0.2) is 243 Å². The van der Waals surface area contributed by atoms with Gasteiger partial charge in [0.1, 0.15) is 51.0 Å². The molecule has 0 bridgehead atoms. The monoisotopic (exact) mass is 1760 g/mol. The van der Waals surface area contributed by atoms with Crippen LogP contribution in [0, 0.1) is 0 Å². The Morgan fingerprint density at radius 2 is 0.792 bits per heavy atom. The smallest absolute Gasteiger partial charge is 0.243 e. The number of fused-ring (bicyclic) bond motifs is 3. The molecule has 6 fully saturated rings. The maximum absolute atomic E-state index is 11.8. The van der Waals surface area contributed by atoms with Crippen molar-refractivity contribution in [3.8, 4) is 68.3 Å². The maximum Gasteiger partial charge on any atom is 0.243 e. The van der Waals surface area contributed by atoms with Gasteiger partial charge in [-0.2, -0.15) is 0 Å².